The Balaban J connectivity index is 1.37. The lowest BCUT2D eigenvalue weighted by Crippen LogP contribution is -2.27. The summed E-state index contributed by atoms with van der Waals surface area (Å²) in [6, 6.07) is 13.5. The number of carbonyl (C=O) groups is 1. The molecule has 7 nitrogen and oxygen atoms in total. The lowest BCUT2D eigenvalue weighted by atomic mass is 10.1. The van der Waals surface area contributed by atoms with Crippen LogP contribution in [0.5, 0.6) is 0 Å². The number of aromatic nitrogens is 3. The van der Waals surface area contributed by atoms with Gasteiger partial charge in [-0.3, -0.25) is 4.79 Å². The Morgan fingerprint density at radius 1 is 1.18 bits per heavy atom. The molecule has 0 saturated heterocycles. The Hall–Kier alpha value is -3.61. The number of amides is 1. The fraction of sp³-hybridized carbons (Fsp3) is 0.190. The van der Waals surface area contributed by atoms with Crippen molar-refractivity contribution < 1.29 is 9.21 Å². The highest BCUT2D eigenvalue weighted by Gasteiger charge is 2.11. The predicted molar refractivity (Wildman–Crippen MR) is 107 cm³/mol. The first-order valence-corrected chi connectivity index (χ1v) is 9.14. The Labute approximate surface area is 162 Å². The number of fused-ring (bicyclic) bond motifs is 1. The number of anilines is 1. The first-order chi connectivity index (χ1) is 13.7. The van der Waals surface area contributed by atoms with Crippen LogP contribution in [0.3, 0.4) is 0 Å². The van der Waals surface area contributed by atoms with Crippen LogP contribution in [0, 0.1) is 6.92 Å². The molecule has 1 aromatic carbocycles. The summed E-state index contributed by atoms with van der Waals surface area (Å²) in [6.07, 6.45) is 4.35. The number of H-pyrrole nitrogens is 1. The van der Waals surface area contributed by atoms with E-state index in [1.165, 1.54) is 10.9 Å². The minimum Gasteiger partial charge on any atom is -0.467 e. The predicted octanol–water partition coefficient (Wildman–Crippen LogP) is 3.44. The third-order valence-electron chi connectivity index (χ3n) is 4.45. The summed E-state index contributed by atoms with van der Waals surface area (Å²) in [7, 11) is 0. The molecule has 4 rings (SSSR count). The van der Waals surface area contributed by atoms with E-state index in [2.05, 4.69) is 31.7 Å². The number of benzene rings is 1. The van der Waals surface area contributed by atoms with Crippen molar-refractivity contribution in [3.63, 3.8) is 0 Å². The second kappa shape index (κ2) is 7.96. The van der Waals surface area contributed by atoms with E-state index in [1.54, 1.807) is 19.3 Å². The van der Waals surface area contributed by atoms with Crippen molar-refractivity contribution in [2.24, 2.45) is 0 Å². The van der Waals surface area contributed by atoms with Crippen LogP contribution in [0.15, 0.2) is 59.3 Å². The van der Waals surface area contributed by atoms with Crippen molar-refractivity contribution in [3.05, 3.63) is 77.8 Å². The third-order valence-corrected chi connectivity index (χ3v) is 4.45. The van der Waals surface area contributed by atoms with Gasteiger partial charge in [-0.25, -0.2) is 9.97 Å². The van der Waals surface area contributed by atoms with Gasteiger partial charge < -0.3 is 20.0 Å². The van der Waals surface area contributed by atoms with Crippen LogP contribution >= 0.6 is 0 Å². The number of aryl methyl sites for hydroxylation is 1. The third kappa shape index (κ3) is 4.03. The van der Waals surface area contributed by atoms with E-state index < -0.39 is 0 Å². The van der Waals surface area contributed by atoms with Gasteiger partial charge in [0, 0.05) is 29.7 Å². The molecule has 0 bridgehead atoms. The van der Waals surface area contributed by atoms with Gasteiger partial charge in [-0.05, 0) is 37.1 Å². The van der Waals surface area contributed by atoms with Crippen LogP contribution in [0.25, 0.3) is 10.9 Å². The summed E-state index contributed by atoms with van der Waals surface area (Å²) in [5, 5.41) is 7.27. The fourth-order valence-corrected chi connectivity index (χ4v) is 3.11. The van der Waals surface area contributed by atoms with Gasteiger partial charge in [-0.2, -0.15) is 0 Å². The quantitative estimate of drug-likeness (QED) is 0.460. The number of rotatable bonds is 7. The molecule has 1 amide bonds. The maximum absolute atomic E-state index is 12.5. The molecule has 7 heteroatoms. The number of hydrogen-bond acceptors (Lipinski definition) is 5. The largest absolute Gasteiger partial charge is 0.467 e. The van der Waals surface area contributed by atoms with Crippen LogP contribution in [-0.4, -0.2) is 27.4 Å². The first-order valence-electron chi connectivity index (χ1n) is 9.14. The Bertz CT molecular complexity index is 1090. The second-order valence-corrected chi connectivity index (χ2v) is 6.48. The number of furan rings is 1. The zero-order valence-corrected chi connectivity index (χ0v) is 15.5. The number of carbonyl (C=O) groups excluding carboxylic acids is 1. The van der Waals surface area contributed by atoms with Crippen molar-refractivity contribution in [1.29, 1.82) is 0 Å². The van der Waals surface area contributed by atoms with Crippen molar-refractivity contribution in [2.75, 3.05) is 11.9 Å². The average Bonchev–Trinajstić information content (AvgIpc) is 3.36. The van der Waals surface area contributed by atoms with Crippen LogP contribution in [0.4, 0.5) is 5.82 Å². The van der Waals surface area contributed by atoms with Crippen LogP contribution in [0.2, 0.25) is 0 Å². The first kappa shape index (κ1) is 17.8. The van der Waals surface area contributed by atoms with Crippen LogP contribution < -0.4 is 10.6 Å². The molecule has 3 heterocycles. The number of aromatic amines is 1. The van der Waals surface area contributed by atoms with Gasteiger partial charge in [0.05, 0.1) is 12.8 Å². The number of nitrogens with one attached hydrogen (secondary N) is 3. The molecular formula is C21H21N5O2. The van der Waals surface area contributed by atoms with E-state index in [0.29, 0.717) is 30.4 Å². The lowest BCUT2D eigenvalue weighted by Gasteiger charge is -2.08. The van der Waals surface area contributed by atoms with Gasteiger partial charge in [-0.1, -0.05) is 18.2 Å². The van der Waals surface area contributed by atoms with E-state index in [1.807, 2.05) is 36.5 Å². The van der Waals surface area contributed by atoms with E-state index >= 15 is 0 Å². The average molecular weight is 375 g/mol. The summed E-state index contributed by atoms with van der Waals surface area (Å²) >= 11 is 0. The molecule has 0 unspecified atom stereocenters. The van der Waals surface area contributed by atoms with Gasteiger partial charge in [0.25, 0.3) is 5.91 Å². The van der Waals surface area contributed by atoms with Gasteiger partial charge in [-0.15, -0.1) is 0 Å². The van der Waals surface area contributed by atoms with E-state index in [4.69, 9.17) is 4.42 Å². The molecule has 0 spiro atoms. The van der Waals surface area contributed by atoms with Crippen molar-refractivity contribution in [1.82, 2.24) is 20.3 Å². The number of hydrogen-bond donors (Lipinski definition) is 3. The highest BCUT2D eigenvalue weighted by molar-refractivity contribution is 5.93. The lowest BCUT2D eigenvalue weighted by molar-refractivity contribution is 0.0949. The summed E-state index contributed by atoms with van der Waals surface area (Å²) < 4.78 is 5.29. The molecule has 0 aliphatic carbocycles. The maximum Gasteiger partial charge on any atom is 0.270 e. The molecular weight excluding hydrogens is 354 g/mol. The van der Waals surface area contributed by atoms with Gasteiger partial charge in [0.1, 0.15) is 23.1 Å². The second-order valence-electron chi connectivity index (χ2n) is 6.48. The number of nitrogens with zero attached hydrogens (tertiary/aromatic N) is 2. The molecule has 4 aromatic rings. The van der Waals surface area contributed by atoms with Gasteiger partial charge in [0.15, 0.2) is 0 Å². The minimum atomic E-state index is -0.216. The zero-order valence-electron chi connectivity index (χ0n) is 15.5. The fourth-order valence-electron chi connectivity index (χ4n) is 3.11. The van der Waals surface area contributed by atoms with Crippen LogP contribution in [0.1, 0.15) is 27.6 Å². The molecule has 0 saturated carbocycles. The van der Waals surface area contributed by atoms with Gasteiger partial charge in [0.2, 0.25) is 0 Å². The topological polar surface area (TPSA) is 95.8 Å². The molecule has 0 atom stereocenters. The Kier molecular flexibility index (Phi) is 5.05. The Morgan fingerprint density at radius 2 is 2.07 bits per heavy atom. The van der Waals surface area contributed by atoms with Crippen molar-refractivity contribution in [3.8, 4) is 0 Å². The van der Waals surface area contributed by atoms with E-state index in [9.17, 15) is 4.79 Å². The standard InChI is InChI=1S/C21H21N5O2/c1-14-25-19(11-20(26-14)24-13-16-5-4-10-28-16)21(27)22-9-8-15-12-23-18-7-3-2-6-17(15)18/h2-7,10-12,23H,8-9,13H2,1H3,(H,22,27)(H,24,25,26). The summed E-state index contributed by atoms with van der Waals surface area (Å²) in [6.45, 7) is 2.78. The molecule has 3 aromatic heterocycles. The highest BCUT2D eigenvalue weighted by atomic mass is 16.3. The van der Waals surface area contributed by atoms with Crippen molar-refractivity contribution >= 4 is 22.6 Å². The minimum absolute atomic E-state index is 0.216. The molecule has 142 valence electrons. The normalized spacial score (nSPS) is 10.9. The van der Waals surface area contributed by atoms with Crippen molar-refractivity contribution in [2.45, 2.75) is 19.9 Å². The molecule has 0 aliphatic rings. The molecule has 0 aliphatic heterocycles. The van der Waals surface area contributed by atoms with Crippen LogP contribution in [-0.2, 0) is 13.0 Å². The zero-order chi connectivity index (χ0) is 19.3. The van der Waals surface area contributed by atoms with Gasteiger partial charge >= 0.3 is 0 Å². The smallest absolute Gasteiger partial charge is 0.270 e. The SMILES string of the molecule is Cc1nc(NCc2ccco2)cc(C(=O)NCCc2c[nH]c3ccccc23)n1. The maximum atomic E-state index is 12.5. The Morgan fingerprint density at radius 3 is 2.93 bits per heavy atom. The summed E-state index contributed by atoms with van der Waals surface area (Å²) in [5.41, 5.74) is 2.62. The molecule has 28 heavy (non-hydrogen) atoms. The molecule has 0 fully saturated rings. The monoisotopic (exact) mass is 375 g/mol. The highest BCUT2D eigenvalue weighted by Crippen LogP contribution is 2.17. The molecule has 3 N–H and O–H groups in total. The molecule has 0 radical (unpaired) electrons. The van der Waals surface area contributed by atoms with E-state index in [-0.39, 0.29) is 5.91 Å². The summed E-state index contributed by atoms with van der Waals surface area (Å²) in [5.74, 6) is 1.70. The van der Waals surface area contributed by atoms with E-state index in [0.717, 1.165) is 17.7 Å². The summed E-state index contributed by atoms with van der Waals surface area (Å²) in [4.78, 5) is 24.3. The number of para-hydroxylation sites is 1.